The minimum Gasteiger partial charge on any atom is -0.337 e. The fourth-order valence-electron chi connectivity index (χ4n) is 2.37. The van der Waals surface area contributed by atoms with Gasteiger partial charge >= 0.3 is 0 Å². The minimum absolute atomic E-state index is 0.683. The number of aromatic amines is 1. The van der Waals surface area contributed by atoms with Crippen molar-refractivity contribution >= 4 is 33.5 Å². The monoisotopic (exact) mass is 279 g/mol. The molecule has 0 saturated carbocycles. The summed E-state index contributed by atoms with van der Waals surface area (Å²) in [5.41, 5.74) is 2.50. The number of halogens is 1. The van der Waals surface area contributed by atoms with Gasteiger partial charge in [-0.3, -0.25) is 0 Å². The van der Waals surface area contributed by atoms with E-state index in [-0.39, 0.29) is 0 Å². The number of rotatable bonds is 1. The third-order valence-electron chi connectivity index (χ3n) is 3.35. The molecule has 1 N–H and O–H groups in total. The summed E-state index contributed by atoms with van der Waals surface area (Å²) in [6.45, 7) is 0. The van der Waals surface area contributed by atoms with E-state index in [9.17, 15) is 0 Å². The fraction of sp³-hybridized carbons (Fsp3) is 0. The molecule has 0 unspecified atom stereocenters. The zero-order valence-corrected chi connectivity index (χ0v) is 11.2. The molecule has 2 heterocycles. The van der Waals surface area contributed by atoms with Crippen LogP contribution in [0.25, 0.3) is 33.3 Å². The Hall–Kier alpha value is -2.39. The lowest BCUT2D eigenvalue weighted by atomic mass is 10.1. The summed E-state index contributed by atoms with van der Waals surface area (Å²) in [5, 5.41) is 2.94. The summed E-state index contributed by atoms with van der Waals surface area (Å²) < 4.78 is 0. The van der Waals surface area contributed by atoms with Crippen LogP contribution in [0.1, 0.15) is 0 Å². The van der Waals surface area contributed by atoms with Crippen LogP contribution in [0.2, 0.25) is 5.02 Å². The highest BCUT2D eigenvalue weighted by atomic mass is 35.5. The highest BCUT2D eigenvalue weighted by Crippen LogP contribution is 2.31. The molecule has 3 nitrogen and oxygen atoms in total. The summed E-state index contributed by atoms with van der Waals surface area (Å²) in [6.07, 6.45) is 1.73. The summed E-state index contributed by atoms with van der Waals surface area (Å²) in [7, 11) is 0. The van der Waals surface area contributed by atoms with E-state index >= 15 is 0 Å². The Morgan fingerprint density at radius 2 is 1.75 bits per heavy atom. The average Bonchev–Trinajstić information content (AvgIpc) is 2.90. The van der Waals surface area contributed by atoms with Crippen molar-refractivity contribution in [3.8, 4) is 11.4 Å². The molecule has 0 spiro atoms. The number of aromatic nitrogens is 3. The molecule has 4 aromatic rings. The molecule has 96 valence electrons. The number of hydrogen-bond acceptors (Lipinski definition) is 2. The Balaban J connectivity index is 1.98. The van der Waals surface area contributed by atoms with Crippen molar-refractivity contribution in [1.29, 1.82) is 0 Å². The molecule has 4 heteroatoms. The van der Waals surface area contributed by atoms with Crippen LogP contribution in [-0.4, -0.2) is 15.0 Å². The predicted octanol–water partition coefficient (Wildman–Crippen LogP) is 4.43. The van der Waals surface area contributed by atoms with Crippen molar-refractivity contribution in [1.82, 2.24) is 15.0 Å². The van der Waals surface area contributed by atoms with Crippen LogP contribution in [0, 0.1) is 0 Å². The summed E-state index contributed by atoms with van der Waals surface area (Å²) in [5.74, 6) is 0.745. The maximum atomic E-state index is 6.38. The maximum absolute atomic E-state index is 6.38. The number of benzene rings is 2. The number of nitrogens with one attached hydrogen (secondary N) is 1. The Morgan fingerprint density at radius 1 is 0.950 bits per heavy atom. The summed E-state index contributed by atoms with van der Waals surface area (Å²) in [6, 6.07) is 16.0. The Kier molecular flexibility index (Phi) is 2.47. The molecule has 0 aliphatic carbocycles. The van der Waals surface area contributed by atoms with E-state index < -0.39 is 0 Å². The van der Waals surface area contributed by atoms with Gasteiger partial charge in [-0.25, -0.2) is 9.97 Å². The van der Waals surface area contributed by atoms with Crippen molar-refractivity contribution in [3.63, 3.8) is 0 Å². The quantitative estimate of drug-likeness (QED) is 0.560. The second-order valence-corrected chi connectivity index (χ2v) is 5.05. The van der Waals surface area contributed by atoms with E-state index in [4.69, 9.17) is 11.6 Å². The van der Waals surface area contributed by atoms with E-state index in [1.165, 1.54) is 0 Å². The molecule has 20 heavy (non-hydrogen) atoms. The van der Waals surface area contributed by atoms with Gasteiger partial charge in [0.1, 0.15) is 5.82 Å². The van der Waals surface area contributed by atoms with Gasteiger partial charge in [-0.15, -0.1) is 0 Å². The normalized spacial score (nSPS) is 11.2. The highest BCUT2D eigenvalue weighted by molar-refractivity contribution is 6.34. The number of hydrogen-bond donors (Lipinski definition) is 1. The van der Waals surface area contributed by atoms with Gasteiger partial charge in [-0.1, -0.05) is 35.9 Å². The summed E-state index contributed by atoms with van der Waals surface area (Å²) >= 11 is 6.38. The van der Waals surface area contributed by atoms with Gasteiger partial charge in [0.25, 0.3) is 0 Å². The lowest BCUT2D eigenvalue weighted by Crippen LogP contribution is -1.83. The average molecular weight is 280 g/mol. The van der Waals surface area contributed by atoms with Gasteiger partial charge in [-0.2, -0.15) is 0 Å². The Labute approximate surface area is 120 Å². The molecule has 0 bridgehead atoms. The Bertz CT molecular complexity index is 894. The molecule has 0 atom stereocenters. The third-order valence-corrected chi connectivity index (χ3v) is 3.66. The smallest absolute Gasteiger partial charge is 0.178 e. The van der Waals surface area contributed by atoms with Crippen LogP contribution in [0.3, 0.4) is 0 Å². The van der Waals surface area contributed by atoms with Crippen LogP contribution in [-0.2, 0) is 0 Å². The molecule has 4 rings (SSSR count). The number of H-pyrrole nitrogens is 1. The van der Waals surface area contributed by atoms with Gasteiger partial charge < -0.3 is 4.98 Å². The van der Waals surface area contributed by atoms with E-state index in [1.807, 2.05) is 36.4 Å². The van der Waals surface area contributed by atoms with Crippen LogP contribution >= 0.6 is 11.6 Å². The third kappa shape index (κ3) is 1.75. The lowest BCUT2D eigenvalue weighted by Gasteiger charge is -2.04. The number of fused-ring (bicyclic) bond motifs is 2. The van der Waals surface area contributed by atoms with Crippen molar-refractivity contribution in [2.45, 2.75) is 0 Å². The molecule has 2 aromatic carbocycles. The molecular formula is C16H10ClN3. The summed E-state index contributed by atoms with van der Waals surface area (Å²) in [4.78, 5) is 12.0. The molecule has 2 aromatic heterocycles. The van der Waals surface area contributed by atoms with Crippen LogP contribution in [0.15, 0.2) is 54.7 Å². The first-order valence-electron chi connectivity index (χ1n) is 6.31. The second kappa shape index (κ2) is 4.32. The first-order valence-corrected chi connectivity index (χ1v) is 6.68. The highest BCUT2D eigenvalue weighted by Gasteiger charge is 2.10. The first kappa shape index (κ1) is 11.4. The molecule has 0 aliphatic rings. The van der Waals surface area contributed by atoms with Crippen LogP contribution in [0.4, 0.5) is 0 Å². The van der Waals surface area contributed by atoms with Gasteiger partial charge in [0.05, 0.1) is 10.5 Å². The number of imidazole rings is 1. The minimum atomic E-state index is 0.683. The predicted molar refractivity (Wildman–Crippen MR) is 81.8 cm³/mol. The zero-order chi connectivity index (χ0) is 13.5. The molecular weight excluding hydrogens is 270 g/mol. The van der Waals surface area contributed by atoms with Crippen molar-refractivity contribution in [3.05, 3.63) is 59.8 Å². The largest absolute Gasteiger partial charge is 0.337 e. The van der Waals surface area contributed by atoms with Crippen LogP contribution in [0.5, 0.6) is 0 Å². The van der Waals surface area contributed by atoms with Gasteiger partial charge in [0.15, 0.2) is 5.65 Å². The van der Waals surface area contributed by atoms with Gasteiger partial charge in [0.2, 0.25) is 0 Å². The molecule has 0 fully saturated rings. The topological polar surface area (TPSA) is 41.6 Å². The number of pyridine rings is 1. The standard InChI is InChI=1S/C16H10ClN3/c17-13-9-11-5-2-1-4-10(11)8-12(13)15-19-14-6-3-7-18-16(14)20-15/h1-9H,(H,18,19,20). The zero-order valence-electron chi connectivity index (χ0n) is 10.5. The number of nitrogens with zero attached hydrogens (tertiary/aromatic N) is 2. The fourth-order valence-corrected chi connectivity index (χ4v) is 2.63. The van der Waals surface area contributed by atoms with Crippen molar-refractivity contribution in [2.75, 3.05) is 0 Å². The molecule has 0 amide bonds. The molecule has 0 saturated heterocycles. The Morgan fingerprint density at radius 3 is 2.55 bits per heavy atom. The van der Waals surface area contributed by atoms with Crippen LogP contribution < -0.4 is 0 Å². The van der Waals surface area contributed by atoms with E-state index in [2.05, 4.69) is 27.1 Å². The second-order valence-electron chi connectivity index (χ2n) is 4.64. The van der Waals surface area contributed by atoms with Gasteiger partial charge in [-0.05, 0) is 35.0 Å². The van der Waals surface area contributed by atoms with Crippen molar-refractivity contribution in [2.24, 2.45) is 0 Å². The first-order chi connectivity index (χ1) is 9.81. The maximum Gasteiger partial charge on any atom is 0.178 e. The van der Waals surface area contributed by atoms with Gasteiger partial charge in [0, 0.05) is 11.8 Å². The SMILES string of the molecule is Clc1cc2ccccc2cc1-c1nc2ncccc2[nH]1. The van der Waals surface area contributed by atoms with E-state index in [0.29, 0.717) is 10.7 Å². The van der Waals surface area contributed by atoms with E-state index in [0.717, 1.165) is 27.7 Å². The molecule has 0 radical (unpaired) electrons. The lowest BCUT2D eigenvalue weighted by molar-refractivity contribution is 1.30. The van der Waals surface area contributed by atoms with E-state index in [1.54, 1.807) is 6.20 Å². The molecule has 0 aliphatic heterocycles. The van der Waals surface area contributed by atoms with Crippen molar-refractivity contribution < 1.29 is 0 Å².